The Hall–Kier alpha value is -2.15. The summed E-state index contributed by atoms with van der Waals surface area (Å²) < 4.78 is 16.0. The molecule has 7 nitrogen and oxygen atoms in total. The Kier molecular flexibility index (Phi) is 4.33. The van der Waals surface area contributed by atoms with Gasteiger partial charge in [-0.05, 0) is 32.3 Å². The van der Waals surface area contributed by atoms with Crippen molar-refractivity contribution in [3.05, 3.63) is 24.5 Å². The van der Waals surface area contributed by atoms with Crippen molar-refractivity contribution in [2.24, 2.45) is 5.41 Å². The third kappa shape index (κ3) is 2.97. The van der Waals surface area contributed by atoms with E-state index >= 15 is 0 Å². The van der Waals surface area contributed by atoms with Gasteiger partial charge in [-0.1, -0.05) is 11.6 Å². The Morgan fingerprint density at radius 3 is 3.04 bits per heavy atom. The minimum absolute atomic E-state index is 0.0364. The normalized spacial score (nSPS) is 23.9. The Morgan fingerprint density at radius 2 is 2.36 bits per heavy atom. The number of carbonyl (C=O) groups excluding carboxylic acids is 1. The molecule has 2 aromatic rings. The van der Waals surface area contributed by atoms with Gasteiger partial charge in [-0.15, -0.1) is 0 Å². The van der Waals surface area contributed by atoms with E-state index in [-0.39, 0.29) is 17.4 Å². The van der Waals surface area contributed by atoms with Crippen LogP contribution in [0.25, 0.3) is 11.4 Å². The summed E-state index contributed by atoms with van der Waals surface area (Å²) in [7, 11) is 0. The average molecular weight is 345 g/mol. The Balaban J connectivity index is 1.27. The summed E-state index contributed by atoms with van der Waals surface area (Å²) in [6.07, 6.45) is 8.67. The van der Waals surface area contributed by atoms with Gasteiger partial charge in [-0.25, -0.2) is 0 Å². The van der Waals surface area contributed by atoms with E-state index in [4.69, 9.17) is 13.7 Å². The first-order valence-corrected chi connectivity index (χ1v) is 8.97. The molecule has 0 unspecified atom stereocenters. The third-order valence-corrected chi connectivity index (χ3v) is 5.59. The van der Waals surface area contributed by atoms with Crippen molar-refractivity contribution in [3.63, 3.8) is 0 Å². The summed E-state index contributed by atoms with van der Waals surface area (Å²) in [5.41, 5.74) is 0.952. The molecule has 1 amide bonds. The number of ether oxygens (including phenoxy) is 1. The highest BCUT2D eigenvalue weighted by atomic mass is 16.5. The molecule has 0 aromatic carbocycles. The number of aryl methyl sites for hydroxylation is 1. The predicted molar refractivity (Wildman–Crippen MR) is 88.6 cm³/mol. The van der Waals surface area contributed by atoms with Gasteiger partial charge in [-0.2, -0.15) is 4.98 Å². The minimum atomic E-state index is 0.0364. The molecule has 0 radical (unpaired) electrons. The first kappa shape index (κ1) is 16.3. The first-order valence-electron chi connectivity index (χ1n) is 8.97. The second-order valence-electron chi connectivity index (χ2n) is 6.91. The monoisotopic (exact) mass is 345 g/mol. The van der Waals surface area contributed by atoms with Crippen LogP contribution in [-0.4, -0.2) is 34.8 Å². The predicted octanol–water partition coefficient (Wildman–Crippen LogP) is 2.73. The molecule has 0 bridgehead atoms. The van der Waals surface area contributed by atoms with Crippen LogP contribution in [0.5, 0.6) is 0 Å². The molecule has 2 fully saturated rings. The van der Waals surface area contributed by atoms with Gasteiger partial charge < -0.3 is 19.0 Å². The number of amides is 1. The highest BCUT2D eigenvalue weighted by Crippen LogP contribution is 2.57. The third-order valence-electron chi connectivity index (χ3n) is 5.59. The van der Waals surface area contributed by atoms with Crippen molar-refractivity contribution in [1.29, 1.82) is 0 Å². The van der Waals surface area contributed by atoms with Gasteiger partial charge in [0, 0.05) is 30.9 Å². The second kappa shape index (κ2) is 6.63. The zero-order valence-corrected chi connectivity index (χ0v) is 14.4. The number of hydrogen-bond donors (Lipinski definition) is 1. The van der Waals surface area contributed by atoms with E-state index < -0.39 is 0 Å². The van der Waals surface area contributed by atoms with E-state index in [1.54, 1.807) is 18.6 Å². The molecule has 4 rings (SSSR count). The summed E-state index contributed by atoms with van der Waals surface area (Å²) >= 11 is 0. The topological polar surface area (TPSA) is 90.4 Å². The summed E-state index contributed by atoms with van der Waals surface area (Å²) in [5.74, 6) is 0.982. The van der Waals surface area contributed by atoms with Crippen molar-refractivity contribution < 1.29 is 18.5 Å². The lowest BCUT2D eigenvalue weighted by Crippen LogP contribution is -2.67. The number of aromatic nitrogens is 2. The van der Waals surface area contributed by atoms with Crippen LogP contribution >= 0.6 is 0 Å². The molecule has 2 saturated carbocycles. The smallest absolute Gasteiger partial charge is 0.227 e. The van der Waals surface area contributed by atoms with Gasteiger partial charge in [0.05, 0.1) is 17.9 Å². The molecule has 2 heterocycles. The van der Waals surface area contributed by atoms with Crippen LogP contribution in [0.2, 0.25) is 0 Å². The Labute approximate surface area is 146 Å². The van der Waals surface area contributed by atoms with Crippen LogP contribution < -0.4 is 5.32 Å². The molecule has 2 aliphatic carbocycles. The van der Waals surface area contributed by atoms with Gasteiger partial charge in [0.2, 0.25) is 17.6 Å². The number of nitrogens with zero attached hydrogens (tertiary/aromatic N) is 2. The maximum Gasteiger partial charge on any atom is 0.227 e. The number of carbonyl (C=O) groups is 1. The number of nitrogens with one attached hydrogen (secondary N) is 1. The van der Waals surface area contributed by atoms with E-state index in [0.717, 1.165) is 31.4 Å². The molecular formula is C18H23N3O4. The van der Waals surface area contributed by atoms with Crippen LogP contribution in [0.1, 0.15) is 44.9 Å². The molecule has 25 heavy (non-hydrogen) atoms. The zero-order chi connectivity index (χ0) is 17.3. The number of hydrogen-bond acceptors (Lipinski definition) is 6. The quantitative estimate of drug-likeness (QED) is 0.830. The molecule has 2 aliphatic rings. The molecule has 2 aromatic heterocycles. The highest BCUT2D eigenvalue weighted by molar-refractivity contribution is 5.76. The van der Waals surface area contributed by atoms with Crippen LogP contribution in [0.3, 0.4) is 0 Å². The van der Waals surface area contributed by atoms with E-state index in [1.165, 1.54) is 6.42 Å². The Morgan fingerprint density at radius 1 is 1.48 bits per heavy atom. The molecule has 7 heteroatoms. The molecule has 0 aliphatic heterocycles. The SMILES string of the molecule is CCO[C@H]1C[C@@H](NC(=O)CCc2nc(-c3ccoc3)no2)C12CCC2. The fourth-order valence-electron chi connectivity index (χ4n) is 3.99. The van der Waals surface area contributed by atoms with Gasteiger partial charge in [0.1, 0.15) is 6.26 Å². The number of furan rings is 1. The van der Waals surface area contributed by atoms with Gasteiger partial charge in [0.25, 0.3) is 0 Å². The summed E-state index contributed by atoms with van der Waals surface area (Å²) in [5, 5.41) is 7.08. The van der Waals surface area contributed by atoms with E-state index in [9.17, 15) is 4.79 Å². The molecule has 1 N–H and O–H groups in total. The molecule has 2 atom stereocenters. The molecule has 1 spiro atoms. The second-order valence-corrected chi connectivity index (χ2v) is 6.91. The van der Waals surface area contributed by atoms with Crippen molar-refractivity contribution in [2.45, 2.75) is 57.6 Å². The standard InChI is InChI=1S/C18H23N3O4/c1-2-24-14-10-13(18(14)7-3-8-18)19-15(22)4-5-16-20-17(21-25-16)12-6-9-23-11-12/h6,9,11,13-14H,2-5,7-8,10H2,1H3,(H,19,22)/t13-,14+/m1/s1. The van der Waals surface area contributed by atoms with Crippen molar-refractivity contribution in [1.82, 2.24) is 15.5 Å². The van der Waals surface area contributed by atoms with Gasteiger partial charge in [0.15, 0.2) is 0 Å². The highest BCUT2D eigenvalue weighted by Gasteiger charge is 2.59. The zero-order valence-electron chi connectivity index (χ0n) is 14.4. The maximum absolute atomic E-state index is 12.3. The molecule has 0 saturated heterocycles. The van der Waals surface area contributed by atoms with Gasteiger partial charge >= 0.3 is 0 Å². The largest absolute Gasteiger partial charge is 0.472 e. The average Bonchev–Trinajstić information content (AvgIpc) is 3.21. The number of rotatable bonds is 7. The lowest BCUT2D eigenvalue weighted by molar-refractivity contribution is -0.175. The lowest BCUT2D eigenvalue weighted by Gasteiger charge is -2.61. The Bertz CT molecular complexity index is 721. The fourth-order valence-corrected chi connectivity index (χ4v) is 3.99. The lowest BCUT2D eigenvalue weighted by atomic mass is 9.51. The van der Waals surface area contributed by atoms with E-state index in [2.05, 4.69) is 15.5 Å². The van der Waals surface area contributed by atoms with Crippen LogP contribution in [0.15, 0.2) is 27.5 Å². The van der Waals surface area contributed by atoms with Crippen molar-refractivity contribution >= 4 is 5.91 Å². The molecular weight excluding hydrogens is 322 g/mol. The minimum Gasteiger partial charge on any atom is -0.472 e. The van der Waals surface area contributed by atoms with Crippen molar-refractivity contribution in [2.75, 3.05) is 6.61 Å². The molecule has 134 valence electrons. The van der Waals surface area contributed by atoms with Crippen LogP contribution in [0, 0.1) is 5.41 Å². The van der Waals surface area contributed by atoms with Crippen molar-refractivity contribution in [3.8, 4) is 11.4 Å². The van der Waals surface area contributed by atoms with Crippen LogP contribution in [-0.2, 0) is 16.0 Å². The first-order chi connectivity index (χ1) is 12.2. The van der Waals surface area contributed by atoms with E-state index in [1.807, 2.05) is 6.92 Å². The summed E-state index contributed by atoms with van der Waals surface area (Å²) in [4.78, 5) is 16.6. The van der Waals surface area contributed by atoms with Gasteiger partial charge in [-0.3, -0.25) is 4.79 Å². The van der Waals surface area contributed by atoms with Crippen LogP contribution in [0.4, 0.5) is 0 Å². The summed E-state index contributed by atoms with van der Waals surface area (Å²) in [6, 6.07) is 2.01. The summed E-state index contributed by atoms with van der Waals surface area (Å²) in [6.45, 7) is 2.77. The maximum atomic E-state index is 12.3. The fraction of sp³-hybridized carbons (Fsp3) is 0.611. The van der Waals surface area contributed by atoms with E-state index in [0.29, 0.717) is 30.7 Å².